The van der Waals surface area contributed by atoms with Crippen molar-refractivity contribution in [2.24, 2.45) is 11.8 Å². The van der Waals surface area contributed by atoms with E-state index in [1.807, 2.05) is 36.9 Å². The van der Waals surface area contributed by atoms with E-state index in [-0.39, 0.29) is 11.2 Å². The number of carbonyl (C=O) groups is 1. The Bertz CT molecular complexity index is 735. The number of thioether (sulfide) groups is 1. The Balaban J connectivity index is 1.68. The average molecular weight is 362 g/mol. The molecule has 3 unspecified atom stereocenters. The van der Waals surface area contributed by atoms with E-state index in [1.54, 1.807) is 0 Å². The van der Waals surface area contributed by atoms with E-state index in [2.05, 4.69) is 23.8 Å². The lowest BCUT2D eigenvalue weighted by molar-refractivity contribution is -0.132. The standard InChI is InChI=1S/C19H27N3O2S/c1-5-24-15-6-7-16-17(9-15)21-19(20-16)25-14(4)18(23)22-10-12(2)8-13(3)11-22/h6-7,9,12-14H,5,8,10-11H2,1-4H3,(H,20,21). The number of rotatable bonds is 5. The van der Waals surface area contributed by atoms with Crippen LogP contribution in [0.2, 0.25) is 0 Å². The summed E-state index contributed by atoms with van der Waals surface area (Å²) in [6.45, 7) is 10.8. The number of hydrogen-bond donors (Lipinski definition) is 1. The van der Waals surface area contributed by atoms with Gasteiger partial charge in [0.15, 0.2) is 5.16 Å². The molecule has 0 bridgehead atoms. The third-order valence-corrected chi connectivity index (χ3v) is 5.53. The Morgan fingerprint density at radius 2 is 2.12 bits per heavy atom. The lowest BCUT2D eigenvalue weighted by Gasteiger charge is -2.36. The van der Waals surface area contributed by atoms with E-state index < -0.39 is 0 Å². The molecule has 1 aromatic heterocycles. The molecule has 1 aliphatic rings. The fourth-order valence-corrected chi connectivity index (χ4v) is 4.50. The molecule has 1 amide bonds. The summed E-state index contributed by atoms with van der Waals surface area (Å²) >= 11 is 1.49. The summed E-state index contributed by atoms with van der Waals surface area (Å²) in [6.07, 6.45) is 1.21. The zero-order valence-corrected chi connectivity index (χ0v) is 16.2. The number of hydrogen-bond acceptors (Lipinski definition) is 4. The molecule has 3 atom stereocenters. The highest BCUT2D eigenvalue weighted by Gasteiger charge is 2.29. The van der Waals surface area contributed by atoms with E-state index in [0.29, 0.717) is 18.4 Å². The first kappa shape index (κ1) is 18.1. The minimum absolute atomic E-state index is 0.149. The molecule has 1 saturated heterocycles. The quantitative estimate of drug-likeness (QED) is 0.819. The van der Waals surface area contributed by atoms with Crippen LogP contribution in [0.4, 0.5) is 0 Å². The van der Waals surface area contributed by atoms with Crippen LogP contribution in [0.3, 0.4) is 0 Å². The van der Waals surface area contributed by atoms with Crippen LogP contribution in [-0.2, 0) is 4.79 Å². The highest BCUT2D eigenvalue weighted by molar-refractivity contribution is 8.00. The van der Waals surface area contributed by atoms with Crippen LogP contribution in [-0.4, -0.2) is 45.7 Å². The number of piperidine rings is 1. The number of carbonyl (C=O) groups excluding carboxylic acids is 1. The minimum Gasteiger partial charge on any atom is -0.494 e. The first-order valence-electron chi connectivity index (χ1n) is 9.04. The Labute approximate surface area is 153 Å². The van der Waals surface area contributed by atoms with Crippen LogP contribution in [0.25, 0.3) is 11.0 Å². The summed E-state index contributed by atoms with van der Waals surface area (Å²) in [7, 11) is 0. The number of nitrogens with one attached hydrogen (secondary N) is 1. The second kappa shape index (κ2) is 7.68. The molecular formula is C19H27N3O2S. The van der Waals surface area contributed by atoms with Crippen molar-refractivity contribution in [2.45, 2.75) is 44.5 Å². The maximum atomic E-state index is 12.8. The average Bonchev–Trinajstić information content (AvgIpc) is 2.95. The van der Waals surface area contributed by atoms with Gasteiger partial charge in [-0.15, -0.1) is 0 Å². The van der Waals surface area contributed by atoms with Crippen LogP contribution in [0.1, 0.15) is 34.1 Å². The highest BCUT2D eigenvalue weighted by atomic mass is 32.2. The van der Waals surface area contributed by atoms with Gasteiger partial charge in [0, 0.05) is 19.2 Å². The molecule has 1 aromatic carbocycles. The van der Waals surface area contributed by atoms with Gasteiger partial charge < -0.3 is 14.6 Å². The van der Waals surface area contributed by atoms with Gasteiger partial charge in [0.1, 0.15) is 5.75 Å². The fraction of sp³-hybridized carbons (Fsp3) is 0.579. The lowest BCUT2D eigenvalue weighted by Crippen LogP contribution is -2.45. The molecule has 1 aliphatic heterocycles. The first-order valence-corrected chi connectivity index (χ1v) is 9.92. The molecule has 5 nitrogen and oxygen atoms in total. The first-order chi connectivity index (χ1) is 12.0. The summed E-state index contributed by atoms with van der Waals surface area (Å²) < 4.78 is 5.53. The third kappa shape index (κ3) is 4.29. The van der Waals surface area contributed by atoms with E-state index >= 15 is 0 Å². The number of amides is 1. The number of fused-ring (bicyclic) bond motifs is 1. The van der Waals surface area contributed by atoms with Gasteiger partial charge in [0.05, 0.1) is 22.9 Å². The van der Waals surface area contributed by atoms with Crippen molar-refractivity contribution < 1.29 is 9.53 Å². The van der Waals surface area contributed by atoms with Crippen molar-refractivity contribution in [1.29, 1.82) is 0 Å². The van der Waals surface area contributed by atoms with Gasteiger partial charge in [-0.3, -0.25) is 4.79 Å². The Morgan fingerprint density at radius 3 is 2.80 bits per heavy atom. The van der Waals surface area contributed by atoms with Gasteiger partial charge in [0.2, 0.25) is 5.91 Å². The number of aromatic amines is 1. The van der Waals surface area contributed by atoms with Gasteiger partial charge in [-0.25, -0.2) is 4.98 Å². The molecular weight excluding hydrogens is 334 g/mol. The number of H-pyrrole nitrogens is 1. The normalized spacial score (nSPS) is 22.2. The summed E-state index contributed by atoms with van der Waals surface area (Å²) in [5.74, 6) is 2.19. The molecule has 0 spiro atoms. The molecule has 2 aromatic rings. The van der Waals surface area contributed by atoms with Gasteiger partial charge in [-0.2, -0.15) is 0 Å². The predicted octanol–water partition coefficient (Wildman–Crippen LogP) is 3.95. The molecule has 1 fully saturated rings. The smallest absolute Gasteiger partial charge is 0.235 e. The SMILES string of the molecule is CCOc1ccc2nc(SC(C)C(=O)N3CC(C)CC(C)C3)[nH]c2c1. The summed E-state index contributed by atoms with van der Waals surface area (Å²) in [5.41, 5.74) is 1.83. The van der Waals surface area contributed by atoms with E-state index in [1.165, 1.54) is 18.2 Å². The molecule has 2 heterocycles. The summed E-state index contributed by atoms with van der Waals surface area (Å²) in [6, 6.07) is 5.82. The zero-order chi connectivity index (χ0) is 18.0. The number of likely N-dealkylation sites (tertiary alicyclic amines) is 1. The van der Waals surface area contributed by atoms with Crippen molar-refractivity contribution in [3.8, 4) is 5.75 Å². The molecule has 0 saturated carbocycles. The zero-order valence-electron chi connectivity index (χ0n) is 15.4. The Morgan fingerprint density at radius 1 is 1.40 bits per heavy atom. The maximum absolute atomic E-state index is 12.8. The molecule has 0 aliphatic carbocycles. The van der Waals surface area contributed by atoms with Gasteiger partial charge in [0.25, 0.3) is 0 Å². The fourth-order valence-electron chi connectivity index (χ4n) is 3.60. The van der Waals surface area contributed by atoms with E-state index in [9.17, 15) is 4.79 Å². The molecule has 0 radical (unpaired) electrons. The second-order valence-corrected chi connectivity index (χ2v) is 8.43. The summed E-state index contributed by atoms with van der Waals surface area (Å²) in [5, 5.41) is 0.632. The summed E-state index contributed by atoms with van der Waals surface area (Å²) in [4.78, 5) is 22.7. The van der Waals surface area contributed by atoms with Crippen molar-refractivity contribution in [3.05, 3.63) is 18.2 Å². The lowest BCUT2D eigenvalue weighted by atomic mass is 9.92. The van der Waals surface area contributed by atoms with Crippen LogP contribution >= 0.6 is 11.8 Å². The number of aromatic nitrogens is 2. The highest BCUT2D eigenvalue weighted by Crippen LogP contribution is 2.28. The maximum Gasteiger partial charge on any atom is 0.235 e. The molecule has 3 rings (SSSR count). The third-order valence-electron chi connectivity index (χ3n) is 4.56. The van der Waals surface area contributed by atoms with Gasteiger partial charge in [-0.05, 0) is 44.2 Å². The molecule has 6 heteroatoms. The topological polar surface area (TPSA) is 58.2 Å². The largest absolute Gasteiger partial charge is 0.494 e. The van der Waals surface area contributed by atoms with Crippen LogP contribution < -0.4 is 4.74 Å². The van der Waals surface area contributed by atoms with Crippen LogP contribution in [0.15, 0.2) is 23.4 Å². The monoisotopic (exact) mass is 361 g/mol. The van der Waals surface area contributed by atoms with Gasteiger partial charge >= 0.3 is 0 Å². The van der Waals surface area contributed by atoms with E-state index in [4.69, 9.17) is 4.74 Å². The van der Waals surface area contributed by atoms with Crippen molar-refractivity contribution in [3.63, 3.8) is 0 Å². The molecule has 25 heavy (non-hydrogen) atoms. The van der Waals surface area contributed by atoms with Crippen LogP contribution in [0.5, 0.6) is 5.75 Å². The van der Waals surface area contributed by atoms with Crippen molar-refractivity contribution in [2.75, 3.05) is 19.7 Å². The number of imidazole rings is 1. The predicted molar refractivity (Wildman–Crippen MR) is 102 cm³/mol. The number of nitrogens with zero attached hydrogens (tertiary/aromatic N) is 2. The van der Waals surface area contributed by atoms with Gasteiger partial charge in [-0.1, -0.05) is 25.6 Å². The van der Waals surface area contributed by atoms with E-state index in [0.717, 1.165) is 35.0 Å². The van der Waals surface area contributed by atoms with Crippen molar-refractivity contribution in [1.82, 2.24) is 14.9 Å². The van der Waals surface area contributed by atoms with Crippen molar-refractivity contribution >= 4 is 28.7 Å². The number of ether oxygens (including phenoxy) is 1. The second-order valence-electron chi connectivity index (χ2n) is 7.10. The Kier molecular flexibility index (Phi) is 5.57. The Hall–Kier alpha value is -1.69. The minimum atomic E-state index is -0.149. The number of benzene rings is 1. The molecule has 1 N–H and O–H groups in total. The molecule has 136 valence electrons. The van der Waals surface area contributed by atoms with Crippen LogP contribution in [0, 0.1) is 11.8 Å².